The van der Waals surface area contributed by atoms with Gasteiger partial charge in [-0.15, -0.1) is 10.2 Å². The van der Waals surface area contributed by atoms with Crippen LogP contribution in [0.4, 0.5) is 0 Å². The predicted octanol–water partition coefficient (Wildman–Crippen LogP) is 3.91. The van der Waals surface area contributed by atoms with Gasteiger partial charge in [-0.25, -0.2) is 0 Å². The molecule has 1 saturated carbocycles. The Morgan fingerprint density at radius 2 is 2.05 bits per heavy atom. The second-order valence-electron chi connectivity index (χ2n) is 4.95. The van der Waals surface area contributed by atoms with E-state index in [2.05, 4.69) is 28.7 Å². The highest BCUT2D eigenvalue weighted by Crippen LogP contribution is 2.32. The van der Waals surface area contributed by atoms with Gasteiger partial charge in [0.2, 0.25) is 0 Å². The molecular weight excluding hydrogens is 294 g/mol. The molecule has 0 aliphatic heterocycles. The van der Waals surface area contributed by atoms with Gasteiger partial charge in [0, 0.05) is 11.8 Å². The zero-order valence-corrected chi connectivity index (χ0v) is 14.2. The number of thioether (sulfide) groups is 2. The van der Waals surface area contributed by atoms with E-state index >= 15 is 0 Å². The molecule has 2 rings (SSSR count). The molecule has 0 amide bonds. The zero-order valence-electron chi connectivity index (χ0n) is 11.7. The van der Waals surface area contributed by atoms with Crippen LogP contribution in [0.3, 0.4) is 0 Å². The Labute approximate surface area is 128 Å². The van der Waals surface area contributed by atoms with E-state index < -0.39 is 0 Å². The fraction of sp³-hybridized carbons (Fsp3) is 0.846. The molecule has 1 atom stereocenters. The minimum atomic E-state index is 0.647. The lowest BCUT2D eigenvalue weighted by Crippen LogP contribution is -2.37. The molecule has 1 aromatic heterocycles. The normalized spacial score (nSPS) is 18.0. The van der Waals surface area contributed by atoms with Crippen LogP contribution in [0.1, 0.15) is 39.0 Å². The molecule has 1 heterocycles. The smallest absolute Gasteiger partial charge is 0.175 e. The maximum atomic E-state index is 4.25. The lowest BCUT2D eigenvalue weighted by molar-refractivity contribution is 0.388. The molecule has 6 heteroatoms. The SMILES string of the molecule is CCCNC(CSc1nnc(SC)s1)C1CCCC1. The summed E-state index contributed by atoms with van der Waals surface area (Å²) < 4.78 is 2.19. The van der Waals surface area contributed by atoms with Crippen molar-refractivity contribution in [3.05, 3.63) is 0 Å². The van der Waals surface area contributed by atoms with Gasteiger partial charge in [0.1, 0.15) is 0 Å². The van der Waals surface area contributed by atoms with Crippen molar-refractivity contribution in [2.75, 3.05) is 18.6 Å². The van der Waals surface area contributed by atoms with Gasteiger partial charge in [0.05, 0.1) is 0 Å². The first-order chi connectivity index (χ1) is 9.33. The van der Waals surface area contributed by atoms with E-state index in [1.807, 2.05) is 11.8 Å². The summed E-state index contributed by atoms with van der Waals surface area (Å²) in [6, 6.07) is 0.647. The molecular formula is C13H23N3S3. The van der Waals surface area contributed by atoms with E-state index in [1.54, 1.807) is 23.1 Å². The van der Waals surface area contributed by atoms with E-state index in [0.29, 0.717) is 6.04 Å². The molecule has 1 aliphatic rings. The summed E-state index contributed by atoms with van der Waals surface area (Å²) in [4.78, 5) is 0. The molecule has 3 nitrogen and oxygen atoms in total. The van der Waals surface area contributed by atoms with Crippen LogP contribution in [0.15, 0.2) is 8.68 Å². The third-order valence-electron chi connectivity index (χ3n) is 3.57. The maximum Gasteiger partial charge on any atom is 0.175 e. The Morgan fingerprint density at radius 1 is 1.32 bits per heavy atom. The summed E-state index contributed by atoms with van der Waals surface area (Å²) in [6.07, 6.45) is 8.88. The van der Waals surface area contributed by atoms with Crippen LogP contribution in [-0.4, -0.2) is 34.8 Å². The van der Waals surface area contributed by atoms with Gasteiger partial charge in [-0.05, 0) is 38.0 Å². The van der Waals surface area contributed by atoms with Gasteiger partial charge >= 0.3 is 0 Å². The van der Waals surface area contributed by atoms with Crippen LogP contribution < -0.4 is 5.32 Å². The Morgan fingerprint density at radius 3 is 2.68 bits per heavy atom. The summed E-state index contributed by atoms with van der Waals surface area (Å²) in [5.41, 5.74) is 0. The molecule has 1 unspecified atom stereocenters. The molecule has 1 N–H and O–H groups in total. The van der Waals surface area contributed by atoms with E-state index in [0.717, 1.165) is 26.9 Å². The fourth-order valence-corrected chi connectivity index (χ4v) is 5.20. The fourth-order valence-electron chi connectivity index (χ4n) is 2.55. The van der Waals surface area contributed by atoms with Crippen molar-refractivity contribution < 1.29 is 0 Å². The van der Waals surface area contributed by atoms with Crippen molar-refractivity contribution in [2.24, 2.45) is 5.92 Å². The maximum absolute atomic E-state index is 4.25. The van der Waals surface area contributed by atoms with Crippen molar-refractivity contribution in [3.63, 3.8) is 0 Å². The minimum absolute atomic E-state index is 0.647. The van der Waals surface area contributed by atoms with Crippen molar-refractivity contribution in [3.8, 4) is 0 Å². The third kappa shape index (κ3) is 4.92. The minimum Gasteiger partial charge on any atom is -0.313 e. The van der Waals surface area contributed by atoms with Crippen molar-refractivity contribution in [1.82, 2.24) is 15.5 Å². The first kappa shape index (κ1) is 15.6. The van der Waals surface area contributed by atoms with E-state index in [-0.39, 0.29) is 0 Å². The molecule has 0 radical (unpaired) electrons. The van der Waals surface area contributed by atoms with Crippen LogP contribution in [-0.2, 0) is 0 Å². The second-order valence-corrected chi connectivity index (χ2v) is 8.25. The first-order valence-corrected chi connectivity index (χ1v) is 10.1. The third-order valence-corrected chi connectivity index (χ3v) is 6.73. The molecule has 0 spiro atoms. The summed E-state index contributed by atoms with van der Waals surface area (Å²) in [5.74, 6) is 2.00. The number of nitrogens with one attached hydrogen (secondary N) is 1. The van der Waals surface area contributed by atoms with Gasteiger partial charge in [-0.3, -0.25) is 0 Å². The van der Waals surface area contributed by atoms with Crippen LogP contribution >= 0.6 is 34.9 Å². The van der Waals surface area contributed by atoms with Gasteiger partial charge in [0.25, 0.3) is 0 Å². The Kier molecular flexibility index (Phi) is 6.98. The Bertz CT molecular complexity index is 364. The molecule has 1 aliphatic carbocycles. The van der Waals surface area contributed by atoms with Gasteiger partial charge < -0.3 is 5.32 Å². The average molecular weight is 318 g/mol. The standard InChI is InChI=1S/C13H23N3S3/c1-3-8-14-11(10-6-4-5-7-10)9-18-13-16-15-12(17-2)19-13/h10-11,14H,3-9H2,1-2H3. The summed E-state index contributed by atoms with van der Waals surface area (Å²) >= 11 is 5.27. The number of rotatable bonds is 8. The highest BCUT2D eigenvalue weighted by atomic mass is 32.2. The second kappa shape index (κ2) is 8.49. The number of hydrogen-bond donors (Lipinski definition) is 1. The quantitative estimate of drug-likeness (QED) is 0.736. The van der Waals surface area contributed by atoms with Crippen LogP contribution in [0.2, 0.25) is 0 Å². The lowest BCUT2D eigenvalue weighted by Gasteiger charge is -2.23. The number of hydrogen-bond acceptors (Lipinski definition) is 6. The molecule has 0 aromatic carbocycles. The largest absolute Gasteiger partial charge is 0.313 e. The molecule has 19 heavy (non-hydrogen) atoms. The summed E-state index contributed by atoms with van der Waals surface area (Å²) in [7, 11) is 0. The topological polar surface area (TPSA) is 37.8 Å². The molecule has 0 bridgehead atoms. The monoisotopic (exact) mass is 317 g/mol. The number of nitrogens with zero attached hydrogens (tertiary/aromatic N) is 2. The Balaban J connectivity index is 1.84. The summed E-state index contributed by atoms with van der Waals surface area (Å²) in [6.45, 7) is 3.37. The van der Waals surface area contributed by atoms with E-state index in [4.69, 9.17) is 0 Å². The lowest BCUT2D eigenvalue weighted by atomic mass is 10.00. The predicted molar refractivity (Wildman–Crippen MR) is 86.5 cm³/mol. The van der Waals surface area contributed by atoms with Crippen LogP contribution in [0.25, 0.3) is 0 Å². The average Bonchev–Trinajstić information content (AvgIpc) is 3.10. The first-order valence-electron chi connectivity index (χ1n) is 7.07. The highest BCUT2D eigenvalue weighted by molar-refractivity contribution is 8.03. The van der Waals surface area contributed by atoms with Gasteiger partial charge in [0.15, 0.2) is 8.68 Å². The molecule has 108 valence electrons. The molecule has 1 aromatic rings. The van der Waals surface area contributed by atoms with Crippen molar-refractivity contribution in [2.45, 2.75) is 53.7 Å². The summed E-state index contributed by atoms with van der Waals surface area (Å²) in [5, 5.41) is 12.1. The Hall–Kier alpha value is 0.220. The van der Waals surface area contributed by atoms with Crippen molar-refractivity contribution in [1.29, 1.82) is 0 Å². The van der Waals surface area contributed by atoms with Gasteiger partial charge in [-0.2, -0.15) is 0 Å². The van der Waals surface area contributed by atoms with E-state index in [9.17, 15) is 0 Å². The molecule has 0 saturated heterocycles. The van der Waals surface area contributed by atoms with E-state index in [1.165, 1.54) is 32.1 Å². The number of aromatic nitrogens is 2. The zero-order chi connectivity index (χ0) is 13.5. The highest BCUT2D eigenvalue weighted by Gasteiger charge is 2.24. The van der Waals surface area contributed by atoms with Crippen LogP contribution in [0.5, 0.6) is 0 Å². The van der Waals surface area contributed by atoms with Crippen molar-refractivity contribution >= 4 is 34.9 Å². The molecule has 1 fully saturated rings. The van der Waals surface area contributed by atoms with Gasteiger partial charge in [-0.1, -0.05) is 54.6 Å². The van der Waals surface area contributed by atoms with Crippen LogP contribution in [0, 0.1) is 5.92 Å².